The molecule has 0 saturated carbocycles. The SMILES string of the molecule is CCCN(CCN(C)C)c1ncc(N)c(C)c1Br. The van der Waals surface area contributed by atoms with Crippen LogP contribution in [-0.4, -0.2) is 43.6 Å². The standard InChI is InChI=1S/C13H23BrN4/c1-5-6-18(8-7-17(3)4)13-12(14)10(2)11(15)9-16-13/h9H,5-8,15H2,1-4H3. The van der Waals surface area contributed by atoms with Gasteiger partial charge in [-0.15, -0.1) is 0 Å². The van der Waals surface area contributed by atoms with Crippen molar-refractivity contribution in [2.45, 2.75) is 20.3 Å². The molecule has 1 aromatic rings. The van der Waals surface area contributed by atoms with Gasteiger partial charge in [0, 0.05) is 19.6 Å². The molecule has 0 aliphatic carbocycles. The van der Waals surface area contributed by atoms with E-state index in [-0.39, 0.29) is 0 Å². The highest BCUT2D eigenvalue weighted by Gasteiger charge is 2.14. The Bertz CT molecular complexity index is 393. The van der Waals surface area contributed by atoms with Gasteiger partial charge in [0.05, 0.1) is 16.4 Å². The predicted octanol–water partition coefficient (Wildman–Crippen LogP) is 2.51. The Morgan fingerprint density at radius 3 is 2.50 bits per heavy atom. The van der Waals surface area contributed by atoms with Gasteiger partial charge in [0.1, 0.15) is 5.82 Å². The van der Waals surface area contributed by atoms with Crippen molar-refractivity contribution in [1.82, 2.24) is 9.88 Å². The Morgan fingerprint density at radius 1 is 1.28 bits per heavy atom. The Hall–Kier alpha value is -0.810. The largest absolute Gasteiger partial charge is 0.397 e. The highest BCUT2D eigenvalue weighted by atomic mass is 79.9. The normalized spacial score (nSPS) is 11.0. The fourth-order valence-corrected chi connectivity index (χ4v) is 2.30. The third-order valence-electron chi connectivity index (χ3n) is 2.89. The number of likely N-dealkylation sites (N-methyl/N-ethyl adjacent to an activating group) is 1. The molecule has 0 amide bonds. The molecule has 1 aromatic heterocycles. The van der Waals surface area contributed by atoms with E-state index >= 15 is 0 Å². The highest BCUT2D eigenvalue weighted by Crippen LogP contribution is 2.30. The van der Waals surface area contributed by atoms with Crippen LogP contribution in [0.4, 0.5) is 11.5 Å². The average molecular weight is 315 g/mol. The fourth-order valence-electron chi connectivity index (χ4n) is 1.71. The van der Waals surface area contributed by atoms with Crippen LogP contribution in [-0.2, 0) is 0 Å². The quantitative estimate of drug-likeness (QED) is 0.876. The molecule has 4 nitrogen and oxygen atoms in total. The summed E-state index contributed by atoms with van der Waals surface area (Å²) in [4.78, 5) is 8.95. The minimum absolute atomic E-state index is 0.731. The molecule has 1 rings (SSSR count). The van der Waals surface area contributed by atoms with E-state index in [9.17, 15) is 0 Å². The molecule has 102 valence electrons. The summed E-state index contributed by atoms with van der Waals surface area (Å²) in [7, 11) is 4.17. The second kappa shape index (κ2) is 6.95. The minimum Gasteiger partial charge on any atom is -0.397 e. The summed E-state index contributed by atoms with van der Waals surface area (Å²) in [5.74, 6) is 0.991. The molecule has 0 fully saturated rings. The third-order valence-corrected chi connectivity index (χ3v) is 3.84. The highest BCUT2D eigenvalue weighted by molar-refractivity contribution is 9.10. The molecule has 0 radical (unpaired) electrons. The fraction of sp³-hybridized carbons (Fsp3) is 0.615. The van der Waals surface area contributed by atoms with Gasteiger partial charge < -0.3 is 15.5 Å². The maximum absolute atomic E-state index is 5.87. The van der Waals surface area contributed by atoms with Crippen LogP contribution in [0, 0.1) is 6.92 Å². The van der Waals surface area contributed by atoms with Crippen LogP contribution >= 0.6 is 15.9 Å². The van der Waals surface area contributed by atoms with Crippen LogP contribution in [0.25, 0.3) is 0 Å². The molecule has 0 aliphatic heterocycles. The van der Waals surface area contributed by atoms with Crippen molar-refractivity contribution in [3.8, 4) is 0 Å². The molecule has 0 unspecified atom stereocenters. The first-order valence-corrected chi connectivity index (χ1v) is 7.06. The van der Waals surface area contributed by atoms with E-state index in [1.165, 1.54) is 0 Å². The average Bonchev–Trinajstić information content (AvgIpc) is 2.32. The number of nitrogens with two attached hydrogens (primary N) is 1. The lowest BCUT2D eigenvalue weighted by molar-refractivity contribution is 0.412. The van der Waals surface area contributed by atoms with Gasteiger partial charge in [-0.05, 0) is 48.9 Å². The summed E-state index contributed by atoms with van der Waals surface area (Å²) in [6.45, 7) is 7.18. The van der Waals surface area contributed by atoms with E-state index in [1.54, 1.807) is 6.20 Å². The number of aromatic nitrogens is 1. The van der Waals surface area contributed by atoms with Gasteiger partial charge in [-0.1, -0.05) is 6.92 Å². The molecule has 2 N–H and O–H groups in total. The van der Waals surface area contributed by atoms with E-state index in [4.69, 9.17) is 5.73 Å². The van der Waals surface area contributed by atoms with E-state index in [0.717, 1.165) is 47.6 Å². The molecule has 0 bridgehead atoms. The van der Waals surface area contributed by atoms with E-state index in [0.29, 0.717) is 0 Å². The van der Waals surface area contributed by atoms with Crippen molar-refractivity contribution >= 4 is 27.4 Å². The van der Waals surface area contributed by atoms with Gasteiger partial charge in [-0.25, -0.2) is 4.98 Å². The number of nitrogens with zero attached hydrogens (tertiary/aromatic N) is 3. The Labute approximate surface area is 118 Å². The first-order chi connectivity index (χ1) is 8.47. The number of hydrogen-bond donors (Lipinski definition) is 1. The summed E-state index contributed by atoms with van der Waals surface area (Å²) in [5, 5.41) is 0. The molecular weight excluding hydrogens is 292 g/mol. The Kier molecular flexibility index (Phi) is 5.88. The van der Waals surface area contributed by atoms with Crippen LogP contribution in [0.15, 0.2) is 10.7 Å². The van der Waals surface area contributed by atoms with Crippen LogP contribution in [0.2, 0.25) is 0 Å². The van der Waals surface area contributed by atoms with Crippen molar-refractivity contribution in [2.75, 3.05) is 44.4 Å². The zero-order valence-electron chi connectivity index (χ0n) is 11.7. The van der Waals surface area contributed by atoms with Crippen molar-refractivity contribution in [2.24, 2.45) is 0 Å². The van der Waals surface area contributed by atoms with Crippen molar-refractivity contribution in [3.05, 3.63) is 16.2 Å². The van der Waals surface area contributed by atoms with Crippen molar-refractivity contribution < 1.29 is 0 Å². The maximum Gasteiger partial charge on any atom is 0.143 e. The molecule has 0 spiro atoms. The minimum atomic E-state index is 0.731. The smallest absolute Gasteiger partial charge is 0.143 e. The van der Waals surface area contributed by atoms with Crippen LogP contribution in [0.5, 0.6) is 0 Å². The van der Waals surface area contributed by atoms with Crippen LogP contribution < -0.4 is 10.6 Å². The number of hydrogen-bond acceptors (Lipinski definition) is 4. The summed E-state index contributed by atoms with van der Waals surface area (Å²) < 4.78 is 1.01. The Morgan fingerprint density at radius 2 is 1.94 bits per heavy atom. The van der Waals surface area contributed by atoms with Crippen LogP contribution in [0.1, 0.15) is 18.9 Å². The van der Waals surface area contributed by atoms with E-state index in [2.05, 4.69) is 51.7 Å². The molecule has 0 saturated heterocycles. The van der Waals surface area contributed by atoms with Crippen molar-refractivity contribution in [3.63, 3.8) is 0 Å². The molecular formula is C13H23BrN4. The zero-order valence-corrected chi connectivity index (χ0v) is 13.3. The van der Waals surface area contributed by atoms with Gasteiger partial charge in [0.15, 0.2) is 0 Å². The summed E-state index contributed by atoms with van der Waals surface area (Å²) in [6.07, 6.45) is 2.85. The predicted molar refractivity (Wildman–Crippen MR) is 82.1 cm³/mol. The zero-order chi connectivity index (χ0) is 13.7. The lowest BCUT2D eigenvalue weighted by Gasteiger charge is -2.26. The first kappa shape index (κ1) is 15.2. The Balaban J connectivity index is 2.94. The number of halogens is 1. The molecule has 1 heterocycles. The number of rotatable bonds is 6. The molecule has 5 heteroatoms. The lowest BCUT2D eigenvalue weighted by atomic mass is 10.2. The van der Waals surface area contributed by atoms with Crippen LogP contribution in [0.3, 0.4) is 0 Å². The summed E-state index contributed by atoms with van der Waals surface area (Å²) in [5.41, 5.74) is 7.66. The van der Waals surface area contributed by atoms with Gasteiger partial charge in [0.2, 0.25) is 0 Å². The monoisotopic (exact) mass is 314 g/mol. The lowest BCUT2D eigenvalue weighted by Crippen LogP contribution is -2.33. The number of anilines is 2. The van der Waals surface area contributed by atoms with E-state index < -0.39 is 0 Å². The van der Waals surface area contributed by atoms with Gasteiger partial charge in [-0.2, -0.15) is 0 Å². The third kappa shape index (κ3) is 3.85. The van der Waals surface area contributed by atoms with Gasteiger partial charge >= 0.3 is 0 Å². The van der Waals surface area contributed by atoms with Gasteiger partial charge in [0.25, 0.3) is 0 Å². The second-order valence-electron chi connectivity index (χ2n) is 4.77. The van der Waals surface area contributed by atoms with Gasteiger partial charge in [-0.3, -0.25) is 0 Å². The van der Waals surface area contributed by atoms with E-state index in [1.807, 2.05) is 6.92 Å². The van der Waals surface area contributed by atoms with Crippen molar-refractivity contribution in [1.29, 1.82) is 0 Å². The molecule has 18 heavy (non-hydrogen) atoms. The topological polar surface area (TPSA) is 45.4 Å². The molecule has 0 atom stereocenters. The summed E-state index contributed by atoms with van der Waals surface area (Å²) >= 11 is 3.61. The first-order valence-electron chi connectivity index (χ1n) is 6.27. The maximum atomic E-state index is 5.87. The summed E-state index contributed by atoms with van der Waals surface area (Å²) in [6, 6.07) is 0. The number of pyridine rings is 1. The molecule has 0 aliphatic rings. The second-order valence-corrected chi connectivity index (χ2v) is 5.56. The number of nitrogen functional groups attached to an aromatic ring is 1. The molecule has 0 aromatic carbocycles.